The van der Waals surface area contributed by atoms with Crippen LogP contribution in [0.4, 0.5) is 17.6 Å². The molecule has 0 aliphatic heterocycles. The Hall–Kier alpha value is -1.05. The first-order chi connectivity index (χ1) is 7.83. The highest BCUT2D eigenvalue weighted by molar-refractivity contribution is 5.85. The van der Waals surface area contributed by atoms with Gasteiger partial charge in [0.25, 0.3) is 0 Å². The van der Waals surface area contributed by atoms with Crippen molar-refractivity contribution >= 4 is 12.4 Å². The molecule has 0 unspecified atom stereocenters. The van der Waals surface area contributed by atoms with Crippen LogP contribution in [0.25, 0.3) is 0 Å². The maximum absolute atomic E-state index is 13.3. The second-order valence-electron chi connectivity index (χ2n) is 3.35. The van der Waals surface area contributed by atoms with Crippen LogP contribution in [0.5, 0.6) is 5.75 Å². The molecule has 0 aliphatic rings. The van der Waals surface area contributed by atoms with Gasteiger partial charge in [-0.25, -0.2) is 4.39 Å². The van der Waals surface area contributed by atoms with E-state index in [1.807, 2.05) is 0 Å². The highest BCUT2D eigenvalue weighted by Gasteiger charge is 2.31. The summed E-state index contributed by atoms with van der Waals surface area (Å²) in [5, 5.41) is 8.63. The van der Waals surface area contributed by atoms with E-state index in [4.69, 9.17) is 10.8 Å². The van der Waals surface area contributed by atoms with Gasteiger partial charge in [-0.3, -0.25) is 0 Å². The molecule has 0 heterocycles. The summed E-state index contributed by atoms with van der Waals surface area (Å²) in [7, 11) is 0. The molecule has 0 bridgehead atoms. The first-order valence-electron chi connectivity index (χ1n) is 4.75. The highest BCUT2D eigenvalue weighted by Crippen LogP contribution is 2.27. The molecule has 1 rings (SSSR count). The van der Waals surface area contributed by atoms with Gasteiger partial charge in [0.15, 0.2) is 0 Å². The van der Waals surface area contributed by atoms with Crippen LogP contribution in [0.2, 0.25) is 0 Å². The fourth-order valence-corrected chi connectivity index (χ4v) is 1.30. The Morgan fingerprint density at radius 1 is 1.33 bits per heavy atom. The standard InChI is InChI=1S/C10H11F4NO2.ClH/c11-8-2-1-6(17-10(12,13)14)5-7(8)9(15)3-4-16;/h1-2,5,9,16H,3-4,15H2;1H/t9-;/m1./s1. The molecule has 1 aromatic carbocycles. The Bertz CT molecular complexity index is 387. The molecule has 0 saturated carbocycles. The molecular weight excluding hydrogens is 278 g/mol. The van der Waals surface area contributed by atoms with Crippen molar-refractivity contribution in [1.82, 2.24) is 0 Å². The summed E-state index contributed by atoms with van der Waals surface area (Å²) < 4.78 is 52.7. The summed E-state index contributed by atoms with van der Waals surface area (Å²) >= 11 is 0. The Kier molecular flexibility index (Phi) is 6.37. The Balaban J connectivity index is 0.00000289. The van der Waals surface area contributed by atoms with Gasteiger partial charge in [-0.2, -0.15) is 0 Å². The van der Waals surface area contributed by atoms with E-state index in [1.54, 1.807) is 0 Å². The molecule has 0 radical (unpaired) electrons. The predicted octanol–water partition coefficient (Wildman–Crippen LogP) is 2.53. The predicted molar refractivity (Wildman–Crippen MR) is 59.0 cm³/mol. The molecule has 8 heteroatoms. The Morgan fingerprint density at radius 3 is 2.44 bits per heavy atom. The van der Waals surface area contributed by atoms with E-state index in [0.29, 0.717) is 0 Å². The lowest BCUT2D eigenvalue weighted by Crippen LogP contribution is -2.18. The third-order valence-corrected chi connectivity index (χ3v) is 2.04. The van der Waals surface area contributed by atoms with Gasteiger partial charge in [0.2, 0.25) is 0 Å². The van der Waals surface area contributed by atoms with E-state index >= 15 is 0 Å². The zero-order chi connectivity index (χ0) is 13.1. The van der Waals surface area contributed by atoms with Crippen molar-refractivity contribution in [3.8, 4) is 5.75 Å². The normalized spacial score (nSPS) is 12.8. The van der Waals surface area contributed by atoms with Crippen LogP contribution < -0.4 is 10.5 Å². The molecule has 0 amide bonds. The number of rotatable bonds is 4. The summed E-state index contributed by atoms with van der Waals surface area (Å²) in [5.41, 5.74) is 5.38. The lowest BCUT2D eigenvalue weighted by molar-refractivity contribution is -0.274. The molecule has 0 aliphatic carbocycles. The number of hydrogen-bond acceptors (Lipinski definition) is 3. The molecule has 0 spiro atoms. The zero-order valence-corrected chi connectivity index (χ0v) is 9.89. The van der Waals surface area contributed by atoms with E-state index in [9.17, 15) is 17.6 Å². The Labute approximate surface area is 107 Å². The van der Waals surface area contributed by atoms with Crippen molar-refractivity contribution in [2.45, 2.75) is 18.8 Å². The quantitative estimate of drug-likeness (QED) is 0.838. The SMILES string of the molecule is Cl.N[C@H](CCO)c1cc(OC(F)(F)F)ccc1F. The molecule has 3 N–H and O–H groups in total. The largest absolute Gasteiger partial charge is 0.573 e. The number of halogens is 5. The third kappa shape index (κ3) is 5.07. The summed E-state index contributed by atoms with van der Waals surface area (Å²) in [4.78, 5) is 0. The molecule has 1 aromatic rings. The number of aliphatic hydroxyl groups excluding tert-OH is 1. The van der Waals surface area contributed by atoms with E-state index in [2.05, 4.69) is 4.74 Å². The first-order valence-corrected chi connectivity index (χ1v) is 4.75. The molecular formula is C10H12ClF4NO2. The fourth-order valence-electron chi connectivity index (χ4n) is 1.30. The average Bonchev–Trinajstić information content (AvgIpc) is 2.19. The van der Waals surface area contributed by atoms with E-state index in [1.165, 1.54) is 0 Å². The molecule has 1 atom stereocenters. The van der Waals surface area contributed by atoms with Gasteiger partial charge in [-0.15, -0.1) is 25.6 Å². The van der Waals surface area contributed by atoms with Crippen LogP contribution in [0.1, 0.15) is 18.0 Å². The minimum Gasteiger partial charge on any atom is -0.406 e. The van der Waals surface area contributed by atoms with Crippen LogP contribution in [0.15, 0.2) is 18.2 Å². The number of benzene rings is 1. The van der Waals surface area contributed by atoms with Crippen molar-refractivity contribution < 1.29 is 27.4 Å². The number of nitrogens with two attached hydrogens (primary N) is 1. The van der Waals surface area contributed by atoms with E-state index in [-0.39, 0.29) is 31.0 Å². The van der Waals surface area contributed by atoms with Crippen molar-refractivity contribution in [2.24, 2.45) is 5.73 Å². The van der Waals surface area contributed by atoms with Crippen molar-refractivity contribution in [2.75, 3.05) is 6.61 Å². The van der Waals surface area contributed by atoms with Crippen molar-refractivity contribution in [3.05, 3.63) is 29.6 Å². The van der Waals surface area contributed by atoms with Gasteiger partial charge in [0.1, 0.15) is 11.6 Å². The first kappa shape index (κ1) is 16.9. The van der Waals surface area contributed by atoms with Crippen LogP contribution >= 0.6 is 12.4 Å². The van der Waals surface area contributed by atoms with Gasteiger partial charge < -0.3 is 15.6 Å². The van der Waals surface area contributed by atoms with E-state index in [0.717, 1.165) is 18.2 Å². The smallest absolute Gasteiger partial charge is 0.406 e. The maximum Gasteiger partial charge on any atom is 0.573 e. The second kappa shape index (κ2) is 6.77. The third-order valence-electron chi connectivity index (χ3n) is 2.04. The van der Waals surface area contributed by atoms with Crippen LogP contribution in [0, 0.1) is 5.82 Å². The average molecular weight is 290 g/mol. The fraction of sp³-hybridized carbons (Fsp3) is 0.400. The lowest BCUT2D eigenvalue weighted by atomic mass is 10.0. The summed E-state index contributed by atoms with van der Waals surface area (Å²) in [5.74, 6) is -1.28. The summed E-state index contributed by atoms with van der Waals surface area (Å²) in [6.07, 6.45) is -4.79. The highest BCUT2D eigenvalue weighted by atomic mass is 35.5. The van der Waals surface area contributed by atoms with E-state index < -0.39 is 24.0 Å². The number of ether oxygens (including phenoxy) is 1. The second-order valence-corrected chi connectivity index (χ2v) is 3.35. The lowest BCUT2D eigenvalue weighted by Gasteiger charge is -2.14. The molecule has 0 fully saturated rings. The number of aliphatic hydroxyl groups is 1. The van der Waals surface area contributed by atoms with Gasteiger partial charge in [-0.1, -0.05) is 0 Å². The van der Waals surface area contributed by atoms with Gasteiger partial charge in [0, 0.05) is 18.2 Å². The molecule has 104 valence electrons. The topological polar surface area (TPSA) is 55.5 Å². The Morgan fingerprint density at radius 2 is 1.94 bits per heavy atom. The van der Waals surface area contributed by atoms with Crippen LogP contribution in [-0.2, 0) is 0 Å². The zero-order valence-electron chi connectivity index (χ0n) is 9.08. The van der Waals surface area contributed by atoms with Gasteiger partial charge >= 0.3 is 6.36 Å². The van der Waals surface area contributed by atoms with Crippen molar-refractivity contribution in [3.63, 3.8) is 0 Å². The maximum atomic E-state index is 13.3. The summed E-state index contributed by atoms with van der Waals surface area (Å²) in [6, 6.07) is 1.70. The van der Waals surface area contributed by atoms with Gasteiger partial charge in [0.05, 0.1) is 0 Å². The van der Waals surface area contributed by atoms with Crippen molar-refractivity contribution in [1.29, 1.82) is 0 Å². The minimum atomic E-state index is -4.84. The molecule has 0 saturated heterocycles. The molecule has 18 heavy (non-hydrogen) atoms. The number of hydrogen-bond donors (Lipinski definition) is 2. The monoisotopic (exact) mass is 289 g/mol. The number of alkyl halides is 3. The van der Waals surface area contributed by atoms with Crippen LogP contribution in [0.3, 0.4) is 0 Å². The molecule has 0 aromatic heterocycles. The minimum absolute atomic E-state index is 0. The van der Waals surface area contributed by atoms with Crippen LogP contribution in [-0.4, -0.2) is 18.1 Å². The van der Waals surface area contributed by atoms with Gasteiger partial charge in [-0.05, 0) is 24.6 Å². The molecule has 3 nitrogen and oxygen atoms in total. The summed E-state index contributed by atoms with van der Waals surface area (Å²) in [6.45, 7) is -0.287.